The molecule has 21 heavy (non-hydrogen) atoms. The lowest BCUT2D eigenvalue weighted by atomic mass is 9.91. The lowest BCUT2D eigenvalue weighted by molar-refractivity contribution is -0.131. The number of guanidine groups is 1. The molecule has 0 spiro atoms. The summed E-state index contributed by atoms with van der Waals surface area (Å²) >= 11 is 0. The summed E-state index contributed by atoms with van der Waals surface area (Å²) in [5, 5.41) is 0. The van der Waals surface area contributed by atoms with Gasteiger partial charge in [0.2, 0.25) is 0 Å². The van der Waals surface area contributed by atoms with Gasteiger partial charge in [-0.2, -0.15) is 0 Å². The number of carbonyl (C=O) groups excluding carboxylic acids is 1. The minimum absolute atomic E-state index is 0.0214. The fourth-order valence-corrected chi connectivity index (χ4v) is 2.87. The van der Waals surface area contributed by atoms with E-state index in [4.69, 9.17) is 11.5 Å². The Morgan fingerprint density at radius 1 is 1.33 bits per heavy atom. The van der Waals surface area contributed by atoms with E-state index in [9.17, 15) is 4.79 Å². The number of nitrogens with two attached hydrogens (primary N) is 2. The first kappa shape index (κ1) is 15.5. The molecular formula is C16H24N4O. The Labute approximate surface area is 126 Å². The van der Waals surface area contributed by atoms with E-state index in [1.807, 2.05) is 31.2 Å². The molecule has 1 aromatic rings. The highest BCUT2D eigenvalue weighted by Gasteiger charge is 2.43. The zero-order valence-corrected chi connectivity index (χ0v) is 13.0. The number of carbonyl (C=O) groups is 1. The van der Waals surface area contributed by atoms with Gasteiger partial charge < -0.3 is 11.5 Å². The minimum Gasteiger partial charge on any atom is -0.369 e. The van der Waals surface area contributed by atoms with Crippen molar-refractivity contribution in [1.29, 1.82) is 0 Å². The van der Waals surface area contributed by atoms with Crippen molar-refractivity contribution in [2.45, 2.75) is 45.8 Å². The molecule has 1 aliphatic rings. The lowest BCUT2D eigenvalue weighted by Gasteiger charge is -2.23. The van der Waals surface area contributed by atoms with Crippen molar-refractivity contribution in [3.63, 3.8) is 0 Å². The van der Waals surface area contributed by atoms with Crippen LogP contribution in [0.4, 0.5) is 0 Å². The number of amides is 1. The number of rotatable bonds is 5. The average molecular weight is 288 g/mol. The summed E-state index contributed by atoms with van der Waals surface area (Å²) < 4.78 is 0. The molecule has 0 aromatic heterocycles. The van der Waals surface area contributed by atoms with Crippen molar-refractivity contribution in [2.75, 3.05) is 0 Å². The minimum atomic E-state index is -0.732. The van der Waals surface area contributed by atoms with Crippen LogP contribution in [-0.2, 0) is 17.9 Å². The molecular weight excluding hydrogens is 264 g/mol. The summed E-state index contributed by atoms with van der Waals surface area (Å²) in [6.45, 7) is 6.94. The van der Waals surface area contributed by atoms with Gasteiger partial charge in [0.05, 0.1) is 6.54 Å². The Bertz CT molecular complexity index is 567. The lowest BCUT2D eigenvalue weighted by Crippen LogP contribution is -2.43. The molecule has 1 aromatic carbocycles. The molecule has 0 aliphatic carbocycles. The van der Waals surface area contributed by atoms with Gasteiger partial charge in [0.15, 0.2) is 5.96 Å². The second-order valence-electron chi connectivity index (χ2n) is 6.26. The third-order valence-electron chi connectivity index (χ3n) is 3.72. The predicted octanol–water partition coefficient (Wildman–Crippen LogP) is 1.61. The molecule has 0 saturated carbocycles. The van der Waals surface area contributed by atoms with Crippen LogP contribution in [0, 0.1) is 5.92 Å². The number of nitrogens with zero attached hydrogens (tertiary/aromatic N) is 2. The highest BCUT2D eigenvalue weighted by molar-refractivity contribution is 6.06. The maximum absolute atomic E-state index is 12.6. The normalized spacial score (nSPS) is 22.0. The molecule has 4 N–H and O–H groups in total. The number of benzene rings is 1. The van der Waals surface area contributed by atoms with Crippen LogP contribution in [0.1, 0.15) is 38.3 Å². The maximum Gasteiger partial charge on any atom is 0.257 e. The molecule has 1 heterocycles. The zero-order valence-electron chi connectivity index (χ0n) is 13.0. The Balaban J connectivity index is 2.18. The molecule has 1 aliphatic heterocycles. The largest absolute Gasteiger partial charge is 0.369 e. The van der Waals surface area contributed by atoms with Gasteiger partial charge in [0.1, 0.15) is 5.54 Å². The van der Waals surface area contributed by atoms with Gasteiger partial charge >= 0.3 is 0 Å². The summed E-state index contributed by atoms with van der Waals surface area (Å²) in [6, 6.07) is 7.88. The van der Waals surface area contributed by atoms with Gasteiger partial charge in [0, 0.05) is 6.54 Å². The van der Waals surface area contributed by atoms with E-state index in [0.29, 0.717) is 31.4 Å². The molecule has 0 saturated heterocycles. The first-order valence-electron chi connectivity index (χ1n) is 7.31. The van der Waals surface area contributed by atoms with Crippen LogP contribution in [0.25, 0.3) is 0 Å². The summed E-state index contributed by atoms with van der Waals surface area (Å²) in [6.07, 6.45) is 0.700. The number of hydrogen-bond acceptors (Lipinski definition) is 4. The van der Waals surface area contributed by atoms with Crippen LogP contribution >= 0.6 is 0 Å². The summed E-state index contributed by atoms with van der Waals surface area (Å²) in [5.74, 6) is 0.671. The van der Waals surface area contributed by atoms with Gasteiger partial charge in [-0.3, -0.25) is 9.69 Å². The average Bonchev–Trinajstić information content (AvgIpc) is 2.61. The van der Waals surface area contributed by atoms with E-state index in [2.05, 4.69) is 18.8 Å². The fraction of sp³-hybridized carbons (Fsp3) is 0.500. The number of hydrogen-bond donors (Lipinski definition) is 2. The second-order valence-corrected chi connectivity index (χ2v) is 6.26. The van der Waals surface area contributed by atoms with Crippen molar-refractivity contribution < 1.29 is 4.79 Å². The van der Waals surface area contributed by atoms with Crippen molar-refractivity contribution in [2.24, 2.45) is 22.4 Å². The van der Waals surface area contributed by atoms with Crippen molar-refractivity contribution in [3.8, 4) is 0 Å². The number of aliphatic imine (C=N–C) groups is 1. The van der Waals surface area contributed by atoms with E-state index in [1.54, 1.807) is 4.90 Å². The molecule has 2 rings (SSSR count). The smallest absolute Gasteiger partial charge is 0.257 e. The molecule has 114 valence electrons. The highest BCUT2D eigenvalue weighted by atomic mass is 16.2. The molecule has 0 radical (unpaired) electrons. The third kappa shape index (κ3) is 3.24. The molecule has 0 bridgehead atoms. The molecule has 0 fully saturated rings. The summed E-state index contributed by atoms with van der Waals surface area (Å²) in [5.41, 5.74) is 12.9. The van der Waals surface area contributed by atoms with Gasteiger partial charge in [-0.05, 0) is 30.4 Å². The molecule has 1 atom stereocenters. The van der Waals surface area contributed by atoms with Gasteiger partial charge in [-0.1, -0.05) is 38.1 Å². The monoisotopic (exact) mass is 288 g/mol. The van der Waals surface area contributed by atoms with Crippen LogP contribution in [0.3, 0.4) is 0 Å². The first-order chi connectivity index (χ1) is 9.85. The first-order valence-corrected chi connectivity index (χ1v) is 7.31. The van der Waals surface area contributed by atoms with E-state index in [-0.39, 0.29) is 5.91 Å². The van der Waals surface area contributed by atoms with Crippen LogP contribution < -0.4 is 11.5 Å². The second kappa shape index (κ2) is 5.85. The topological polar surface area (TPSA) is 84.7 Å². The standard InChI is InChI=1S/C16H24N4O/c1-11(2)8-16(3)14(21)20(15(18)19-16)10-13-6-4-5-12(7-13)9-17/h4-7,11H,8-10,17H2,1-3H3,(H2,18,19). The SMILES string of the molecule is CC(C)CC1(C)N=C(N)N(Cc2cccc(CN)c2)C1=O. The van der Waals surface area contributed by atoms with Gasteiger partial charge in [0.25, 0.3) is 5.91 Å². The van der Waals surface area contributed by atoms with Crippen molar-refractivity contribution >= 4 is 11.9 Å². The maximum atomic E-state index is 12.6. The Morgan fingerprint density at radius 3 is 2.62 bits per heavy atom. The van der Waals surface area contributed by atoms with E-state index in [0.717, 1.165) is 11.1 Å². The highest BCUT2D eigenvalue weighted by Crippen LogP contribution is 2.29. The summed E-state index contributed by atoms with van der Waals surface area (Å²) in [7, 11) is 0. The Morgan fingerprint density at radius 2 is 2.00 bits per heavy atom. The fourth-order valence-electron chi connectivity index (χ4n) is 2.87. The Kier molecular flexibility index (Phi) is 4.32. The summed E-state index contributed by atoms with van der Waals surface area (Å²) in [4.78, 5) is 18.6. The van der Waals surface area contributed by atoms with Crippen LogP contribution in [-0.4, -0.2) is 22.3 Å². The van der Waals surface area contributed by atoms with Crippen LogP contribution in [0.5, 0.6) is 0 Å². The van der Waals surface area contributed by atoms with E-state index >= 15 is 0 Å². The predicted molar refractivity (Wildman–Crippen MR) is 84.4 cm³/mol. The van der Waals surface area contributed by atoms with E-state index in [1.165, 1.54) is 0 Å². The molecule has 1 amide bonds. The van der Waals surface area contributed by atoms with Crippen LogP contribution in [0.15, 0.2) is 29.3 Å². The Hall–Kier alpha value is -1.88. The third-order valence-corrected chi connectivity index (χ3v) is 3.72. The molecule has 5 heteroatoms. The van der Waals surface area contributed by atoms with Crippen molar-refractivity contribution in [1.82, 2.24) is 4.90 Å². The van der Waals surface area contributed by atoms with Gasteiger partial charge in [-0.25, -0.2) is 4.99 Å². The molecule has 1 unspecified atom stereocenters. The quantitative estimate of drug-likeness (QED) is 0.863. The zero-order chi connectivity index (χ0) is 15.6. The van der Waals surface area contributed by atoms with Crippen LogP contribution in [0.2, 0.25) is 0 Å². The molecule has 5 nitrogen and oxygen atoms in total. The van der Waals surface area contributed by atoms with Crippen molar-refractivity contribution in [3.05, 3.63) is 35.4 Å². The van der Waals surface area contributed by atoms with E-state index < -0.39 is 5.54 Å². The van der Waals surface area contributed by atoms with Gasteiger partial charge in [-0.15, -0.1) is 0 Å².